The normalized spacial score (nSPS) is 15.3. The molecule has 1 aliphatic rings. The third kappa shape index (κ3) is 20.1. The zero-order chi connectivity index (χ0) is 38.0. The molecule has 0 aliphatic carbocycles. The molecule has 0 bridgehead atoms. The lowest BCUT2D eigenvalue weighted by atomic mass is 10.0. The van der Waals surface area contributed by atoms with Crippen LogP contribution in [-0.4, -0.2) is 148 Å². The third-order valence-corrected chi connectivity index (χ3v) is 9.05. The smallest absolute Gasteiger partial charge is 0.320 e. The molecule has 1 saturated heterocycles. The second-order valence-electron chi connectivity index (χ2n) is 13.7. The minimum atomic E-state index is -0.387. The first-order valence-electron chi connectivity index (χ1n) is 19.5. The highest BCUT2D eigenvalue weighted by Crippen LogP contribution is 2.15. The highest BCUT2D eigenvalue weighted by atomic mass is 16.5. The van der Waals surface area contributed by atoms with E-state index in [0.29, 0.717) is 84.3 Å². The lowest BCUT2D eigenvalue weighted by Crippen LogP contribution is -2.51. The van der Waals surface area contributed by atoms with Crippen LogP contribution in [0.4, 0.5) is 5.69 Å². The number of unbranched alkanes of at least 4 members (excludes halogenated alkanes) is 4. The maximum Gasteiger partial charge on any atom is 0.320 e. The van der Waals surface area contributed by atoms with Crippen LogP contribution in [-0.2, 0) is 44.5 Å². The maximum atomic E-state index is 13.1. The third-order valence-electron chi connectivity index (χ3n) is 9.05. The average Bonchev–Trinajstić information content (AvgIpc) is 3.20. The number of hydrogen-bond acceptors (Lipinski definition) is 13. The minimum absolute atomic E-state index is 0.0640. The van der Waals surface area contributed by atoms with Gasteiger partial charge in [0.25, 0.3) is 0 Å². The Kier molecular flexibility index (Phi) is 23.6. The zero-order valence-electron chi connectivity index (χ0n) is 32.5. The van der Waals surface area contributed by atoms with E-state index in [1.165, 1.54) is 0 Å². The van der Waals surface area contributed by atoms with Crippen molar-refractivity contribution in [1.29, 1.82) is 0 Å². The van der Waals surface area contributed by atoms with Gasteiger partial charge in [0.05, 0.1) is 52.6 Å². The lowest BCUT2D eigenvalue weighted by molar-refractivity contribution is -0.150. The van der Waals surface area contributed by atoms with Gasteiger partial charge in [-0.2, -0.15) is 0 Å². The van der Waals surface area contributed by atoms with E-state index in [0.717, 1.165) is 56.9 Å². The van der Waals surface area contributed by atoms with Gasteiger partial charge in [0.15, 0.2) is 0 Å². The van der Waals surface area contributed by atoms with Gasteiger partial charge in [-0.1, -0.05) is 65.5 Å². The Bertz CT molecular complexity index is 1090. The SMILES string of the molecule is CCCCOC(=O)CN1CCN(CC(=O)OCCCC)CCN(CC(Cc2ccc(N)cc2)N(CC(=O)OCCCC)CC(=O)OCCCC)CC1. The summed E-state index contributed by atoms with van der Waals surface area (Å²) >= 11 is 0. The van der Waals surface area contributed by atoms with Crippen LogP contribution in [0.15, 0.2) is 24.3 Å². The number of carbonyl (C=O) groups excluding carboxylic acids is 4. The van der Waals surface area contributed by atoms with Crippen LogP contribution in [0, 0.1) is 0 Å². The maximum absolute atomic E-state index is 13.1. The van der Waals surface area contributed by atoms with Crippen molar-refractivity contribution in [2.75, 3.05) is 104 Å². The summed E-state index contributed by atoms with van der Waals surface area (Å²) < 4.78 is 22.1. The first-order chi connectivity index (χ1) is 25.2. The van der Waals surface area contributed by atoms with Gasteiger partial charge in [-0.15, -0.1) is 0 Å². The number of rotatable bonds is 25. The van der Waals surface area contributed by atoms with Crippen LogP contribution >= 0.6 is 0 Å². The predicted molar refractivity (Wildman–Crippen MR) is 203 cm³/mol. The molecular formula is C39H67N5O8. The summed E-state index contributed by atoms with van der Waals surface area (Å²) in [7, 11) is 0. The number of hydrogen-bond donors (Lipinski definition) is 1. The van der Waals surface area contributed by atoms with Gasteiger partial charge in [-0.3, -0.25) is 38.8 Å². The summed E-state index contributed by atoms with van der Waals surface area (Å²) in [6.07, 6.45) is 7.38. The molecule has 1 fully saturated rings. The van der Waals surface area contributed by atoms with E-state index < -0.39 is 0 Å². The molecule has 1 unspecified atom stereocenters. The molecule has 2 N–H and O–H groups in total. The summed E-state index contributed by atoms with van der Waals surface area (Å²) in [5.41, 5.74) is 7.67. The van der Waals surface area contributed by atoms with Crippen molar-refractivity contribution in [2.24, 2.45) is 0 Å². The van der Waals surface area contributed by atoms with Gasteiger partial charge in [0.2, 0.25) is 0 Å². The summed E-state index contributed by atoms with van der Waals surface area (Å²) in [4.78, 5) is 60.1. The number of nitrogen functional groups attached to an aromatic ring is 1. The molecule has 1 aromatic rings. The van der Waals surface area contributed by atoms with Crippen molar-refractivity contribution in [3.63, 3.8) is 0 Å². The molecule has 0 saturated carbocycles. The monoisotopic (exact) mass is 733 g/mol. The van der Waals surface area contributed by atoms with Crippen LogP contribution in [0.3, 0.4) is 0 Å². The molecule has 2 rings (SSSR count). The van der Waals surface area contributed by atoms with Gasteiger partial charge in [-0.05, 0) is 49.8 Å². The van der Waals surface area contributed by atoms with E-state index in [4.69, 9.17) is 24.7 Å². The first kappa shape index (κ1) is 44.9. The van der Waals surface area contributed by atoms with Gasteiger partial charge >= 0.3 is 23.9 Å². The first-order valence-corrected chi connectivity index (χ1v) is 19.5. The zero-order valence-corrected chi connectivity index (χ0v) is 32.5. The number of benzene rings is 1. The molecule has 1 heterocycles. The van der Waals surface area contributed by atoms with Crippen LogP contribution in [0.2, 0.25) is 0 Å². The molecule has 0 spiro atoms. The largest absolute Gasteiger partial charge is 0.465 e. The topological polar surface area (TPSA) is 144 Å². The van der Waals surface area contributed by atoms with Gasteiger partial charge in [-0.25, -0.2) is 0 Å². The number of carbonyl (C=O) groups is 4. The Labute approximate surface area is 312 Å². The Balaban J connectivity index is 2.37. The fourth-order valence-electron chi connectivity index (χ4n) is 5.73. The van der Waals surface area contributed by atoms with E-state index in [1.807, 2.05) is 43.0 Å². The van der Waals surface area contributed by atoms with Gasteiger partial charge in [0, 0.05) is 57.5 Å². The Morgan fingerprint density at radius 1 is 0.596 bits per heavy atom. The Morgan fingerprint density at radius 3 is 1.35 bits per heavy atom. The second kappa shape index (κ2) is 27.4. The summed E-state index contributed by atoms with van der Waals surface area (Å²) in [5.74, 6) is -1.30. The molecule has 0 aromatic heterocycles. The second-order valence-corrected chi connectivity index (χ2v) is 13.7. The highest BCUT2D eigenvalue weighted by molar-refractivity contribution is 5.75. The molecule has 0 amide bonds. The Hall–Kier alpha value is -3.26. The molecule has 1 aliphatic heterocycles. The Morgan fingerprint density at radius 2 is 0.962 bits per heavy atom. The predicted octanol–water partition coefficient (Wildman–Crippen LogP) is 3.77. The summed E-state index contributed by atoms with van der Waals surface area (Å²) in [6, 6.07) is 7.36. The van der Waals surface area contributed by atoms with E-state index in [1.54, 1.807) is 0 Å². The molecular weight excluding hydrogens is 666 g/mol. The van der Waals surface area contributed by atoms with E-state index in [9.17, 15) is 19.2 Å². The molecule has 296 valence electrons. The van der Waals surface area contributed by atoms with Gasteiger partial charge < -0.3 is 24.7 Å². The van der Waals surface area contributed by atoms with Crippen LogP contribution in [0.1, 0.15) is 84.6 Å². The molecule has 0 radical (unpaired) electrons. The van der Waals surface area contributed by atoms with Gasteiger partial charge in [0.1, 0.15) is 0 Å². The molecule has 1 aromatic carbocycles. The lowest BCUT2D eigenvalue weighted by Gasteiger charge is -2.35. The molecule has 1 atom stereocenters. The average molecular weight is 734 g/mol. The number of esters is 4. The number of nitrogens with two attached hydrogens (primary N) is 1. The van der Waals surface area contributed by atoms with Crippen molar-refractivity contribution in [3.8, 4) is 0 Å². The summed E-state index contributed by atoms with van der Waals surface area (Å²) in [6.45, 7) is 14.0. The minimum Gasteiger partial charge on any atom is -0.465 e. The fourth-order valence-corrected chi connectivity index (χ4v) is 5.73. The van der Waals surface area contributed by atoms with Crippen molar-refractivity contribution in [3.05, 3.63) is 29.8 Å². The number of ether oxygens (including phenoxy) is 4. The number of nitrogens with zero attached hydrogens (tertiary/aromatic N) is 4. The quantitative estimate of drug-likeness (QED) is 0.0675. The standard InChI is InChI=1S/C39H67N5O8/c1-5-9-23-49-36(45)29-42-19-17-41(18-20-43(22-21-42)30-37(46)50-24-10-6-2)28-35(27-33-13-15-34(40)16-14-33)44(31-38(47)51-25-11-7-3)32-39(48)52-26-12-8-4/h13-16,35H,5-12,17-32,40H2,1-4H3. The van der Waals surface area contributed by atoms with E-state index in [-0.39, 0.29) is 56.1 Å². The van der Waals surface area contributed by atoms with Crippen molar-refractivity contribution < 1.29 is 38.1 Å². The fraction of sp³-hybridized carbons (Fsp3) is 0.744. The molecule has 13 heteroatoms. The van der Waals surface area contributed by atoms with Crippen LogP contribution < -0.4 is 5.73 Å². The van der Waals surface area contributed by atoms with E-state index in [2.05, 4.69) is 28.5 Å². The van der Waals surface area contributed by atoms with E-state index >= 15 is 0 Å². The number of anilines is 1. The van der Waals surface area contributed by atoms with Crippen molar-refractivity contribution >= 4 is 29.6 Å². The molecule has 13 nitrogen and oxygen atoms in total. The van der Waals surface area contributed by atoms with Crippen molar-refractivity contribution in [2.45, 2.75) is 91.5 Å². The van der Waals surface area contributed by atoms with Crippen LogP contribution in [0.5, 0.6) is 0 Å². The summed E-state index contributed by atoms with van der Waals surface area (Å²) in [5, 5.41) is 0. The highest BCUT2D eigenvalue weighted by Gasteiger charge is 2.29. The molecule has 52 heavy (non-hydrogen) atoms. The van der Waals surface area contributed by atoms with Crippen molar-refractivity contribution in [1.82, 2.24) is 19.6 Å². The van der Waals surface area contributed by atoms with Crippen LogP contribution in [0.25, 0.3) is 0 Å².